The van der Waals surface area contributed by atoms with Crippen molar-refractivity contribution in [2.75, 3.05) is 26.4 Å². The number of rotatable bonds is 24. The van der Waals surface area contributed by atoms with Crippen LogP contribution >= 0.6 is 7.82 Å². The molecule has 0 aromatic carbocycles. The second kappa shape index (κ2) is 27.6. The number of hydrogen-bond acceptors (Lipinski definition) is 30. The first-order chi connectivity index (χ1) is 36.8. The number of aliphatic hydroxyl groups excluding tert-OH is 8. The van der Waals surface area contributed by atoms with Crippen LogP contribution in [0.2, 0.25) is 0 Å². The molecular formula is C41H66N5O32P. The molecule has 0 aromatic rings. The number of carboxylic acids is 1. The van der Waals surface area contributed by atoms with E-state index in [1.165, 1.54) is 6.92 Å². The number of phosphoric acid groups is 1. The van der Waals surface area contributed by atoms with Crippen molar-refractivity contribution in [2.24, 2.45) is 17.2 Å². The molecule has 26 atom stereocenters. The van der Waals surface area contributed by atoms with Gasteiger partial charge in [-0.2, -0.15) is 0 Å². The van der Waals surface area contributed by atoms with Crippen LogP contribution < -0.4 is 27.8 Å². The van der Waals surface area contributed by atoms with Crippen molar-refractivity contribution in [3.05, 3.63) is 0 Å². The standard InChI is InChI=1S/C41H66N5O32P/c1-11-26(72-35-15(52)7-14(51)27(73-35)32(42)58)22(54)19(45-12(2)49)36(69-11)74-28-17(9-67-38-25(57)24(56)21(53)16(8-48)70-38)71-37(20(23(28)55)46-13(3)50)75-29-30(77-40(44)62)41(4,63)31(33(43)59)76-39(29)78-79(64,65)68-10-18(34(60)61)66-6-5-47/h5,11,14-31,35-39,48,51-57,63H,6-10H2,1-4H3,(H2,42,58)(H2,43,59)(H2,44,62)(H,45,49)(H,46,50)(H,60,61)(H,64,65)/t11-,14-,15-,16-,17-,18-,19-,20-,21-,22-,23-,24+,25-,26-,27+,28-,29-,30-,31-,35-,36+,37+,38-,39+,41+/m1/s1. The number of carbonyl (C=O) groups excluding carboxylic acids is 6. The topological polar surface area (TPSA) is 581 Å². The molecule has 452 valence electrons. The van der Waals surface area contributed by atoms with Gasteiger partial charge in [0.25, 0.3) is 0 Å². The first-order valence-electron chi connectivity index (χ1n) is 23.8. The normalized spacial score (nSPS) is 41.9. The van der Waals surface area contributed by atoms with Gasteiger partial charge in [-0.05, 0) is 13.8 Å². The smallest absolute Gasteiger partial charge is 0.474 e. The molecule has 5 fully saturated rings. The van der Waals surface area contributed by atoms with Gasteiger partial charge >= 0.3 is 19.9 Å². The predicted octanol–water partition coefficient (Wildman–Crippen LogP) is -10.3. The quantitative estimate of drug-likeness (QED) is 0.0315. The largest absolute Gasteiger partial charge is 0.479 e. The number of carbonyl (C=O) groups is 7. The molecule has 5 aliphatic rings. The highest BCUT2D eigenvalue weighted by Crippen LogP contribution is 2.49. The molecule has 0 aromatic heterocycles. The third-order valence-corrected chi connectivity index (χ3v) is 13.7. The van der Waals surface area contributed by atoms with Gasteiger partial charge in [-0.25, -0.2) is 14.2 Å². The van der Waals surface area contributed by atoms with Gasteiger partial charge in [0, 0.05) is 20.3 Å². The zero-order valence-corrected chi connectivity index (χ0v) is 43.0. The summed E-state index contributed by atoms with van der Waals surface area (Å²) in [4.78, 5) is 96.3. The number of nitrogens with one attached hydrogen (secondary N) is 2. The number of primary amides is 3. The molecule has 19 N–H and O–H groups in total. The number of aliphatic hydroxyl groups is 9. The van der Waals surface area contributed by atoms with Crippen LogP contribution in [0.1, 0.15) is 34.1 Å². The Kier molecular flexibility index (Phi) is 22.9. The summed E-state index contributed by atoms with van der Waals surface area (Å²) in [7, 11) is -5.79. The van der Waals surface area contributed by atoms with Crippen LogP contribution in [0.15, 0.2) is 0 Å². The summed E-state index contributed by atoms with van der Waals surface area (Å²) in [5.74, 6) is -6.35. The molecule has 38 heteroatoms. The number of nitrogens with two attached hydrogens (primary N) is 3. The fourth-order valence-electron chi connectivity index (χ4n) is 9.02. The molecule has 5 heterocycles. The lowest BCUT2D eigenvalue weighted by atomic mass is 9.85. The molecule has 37 nitrogen and oxygen atoms in total. The second-order valence-electron chi connectivity index (χ2n) is 18.8. The summed E-state index contributed by atoms with van der Waals surface area (Å²) in [6, 6.07) is -3.81. The molecule has 1 unspecified atom stereocenters. The zero-order chi connectivity index (χ0) is 59.2. The minimum Gasteiger partial charge on any atom is -0.479 e. The summed E-state index contributed by atoms with van der Waals surface area (Å²) in [6.07, 6.45) is -45.9. The van der Waals surface area contributed by atoms with Crippen molar-refractivity contribution < 1.29 is 155 Å². The highest BCUT2D eigenvalue weighted by atomic mass is 31.2. The Morgan fingerprint density at radius 1 is 0.734 bits per heavy atom. The van der Waals surface area contributed by atoms with E-state index in [1.807, 2.05) is 0 Å². The van der Waals surface area contributed by atoms with Crippen molar-refractivity contribution in [1.82, 2.24) is 10.6 Å². The molecule has 0 saturated carbocycles. The van der Waals surface area contributed by atoms with E-state index >= 15 is 0 Å². The predicted molar refractivity (Wildman–Crippen MR) is 242 cm³/mol. The Morgan fingerprint density at radius 2 is 1.30 bits per heavy atom. The van der Waals surface area contributed by atoms with E-state index in [2.05, 4.69) is 10.6 Å². The molecule has 5 rings (SSSR count). The van der Waals surface area contributed by atoms with Gasteiger partial charge in [-0.15, -0.1) is 0 Å². The van der Waals surface area contributed by atoms with E-state index in [0.29, 0.717) is 0 Å². The molecular weight excluding hydrogens is 1110 g/mol. The van der Waals surface area contributed by atoms with E-state index < -0.39 is 229 Å². The summed E-state index contributed by atoms with van der Waals surface area (Å²) in [6.45, 7) is -0.182. The Bertz CT molecular complexity index is 2190. The minimum absolute atomic E-state index is 0.138. The molecule has 0 aliphatic carbocycles. The summed E-state index contributed by atoms with van der Waals surface area (Å²) in [5.41, 5.74) is 13.2. The molecule has 0 bridgehead atoms. The van der Waals surface area contributed by atoms with Gasteiger partial charge in [-0.1, -0.05) is 0 Å². The van der Waals surface area contributed by atoms with Gasteiger partial charge in [0.15, 0.2) is 62.0 Å². The van der Waals surface area contributed by atoms with Gasteiger partial charge in [0.1, 0.15) is 91.6 Å². The van der Waals surface area contributed by atoms with Crippen molar-refractivity contribution in [2.45, 2.75) is 187 Å². The van der Waals surface area contributed by atoms with Gasteiger partial charge in [-0.3, -0.25) is 28.2 Å². The Labute approximate surface area is 445 Å². The fourth-order valence-corrected chi connectivity index (χ4v) is 9.83. The van der Waals surface area contributed by atoms with Crippen molar-refractivity contribution in [3.8, 4) is 0 Å². The molecule has 5 saturated heterocycles. The SMILES string of the molecule is CC(=O)N[C@H]1[C@H](O[C@H]2[C@H](O)[C@@H](NC(C)=O)[C@H](O[C@H]3[C@H](OP(=O)(O)OC[C@@H](OCC=O)C(=O)O)O[C@H](C(N)=O)[C@@](C)(O)[C@@H]3OC(N)=O)O[C@@H]2CO[C@@H]2O[C@H](CO)[C@@H](O)[C@H](O)[C@H]2O)O[C@H](C)[C@@H](O[C@@H]2O[C@H](C(N)=O)[C@H](O)C[C@H]2O)[C@@H]1O. The third kappa shape index (κ3) is 16.0. The summed E-state index contributed by atoms with van der Waals surface area (Å²) in [5, 5.41) is 113. The maximum absolute atomic E-state index is 13.5. The zero-order valence-electron chi connectivity index (χ0n) is 42.1. The Morgan fingerprint density at radius 3 is 1.85 bits per heavy atom. The average Bonchev–Trinajstić information content (AvgIpc) is 3.38. The number of amides is 5. The lowest BCUT2D eigenvalue weighted by Gasteiger charge is -2.51. The lowest BCUT2D eigenvalue weighted by Crippen LogP contribution is -2.72. The Hall–Kier alpha value is -4.36. The Balaban J connectivity index is 1.57. The van der Waals surface area contributed by atoms with Gasteiger partial charge < -0.3 is 141 Å². The lowest BCUT2D eigenvalue weighted by molar-refractivity contribution is -0.374. The van der Waals surface area contributed by atoms with Crippen LogP contribution in [0.3, 0.4) is 0 Å². The maximum Gasteiger partial charge on any atom is 0.474 e. The first kappa shape index (κ1) is 65.5. The first-order valence-corrected chi connectivity index (χ1v) is 25.3. The van der Waals surface area contributed by atoms with Crippen molar-refractivity contribution in [3.63, 3.8) is 0 Å². The van der Waals surface area contributed by atoms with Gasteiger partial charge in [0.05, 0.1) is 32.0 Å². The monoisotopic (exact) mass is 1170 g/mol. The number of carboxylic acid groups (broad SMARTS) is 1. The third-order valence-electron chi connectivity index (χ3n) is 12.8. The second-order valence-corrected chi connectivity index (χ2v) is 20.2. The number of aldehydes is 1. The molecule has 0 spiro atoms. The van der Waals surface area contributed by atoms with Gasteiger partial charge in [0.2, 0.25) is 23.6 Å². The fraction of sp³-hybridized carbons (Fsp3) is 0.829. The number of hydrogen-bond donors (Lipinski definition) is 16. The molecule has 5 amide bonds. The van der Waals surface area contributed by atoms with E-state index in [9.17, 15) is 94.1 Å². The number of phosphoric ester groups is 1. The maximum atomic E-state index is 13.5. The van der Waals surface area contributed by atoms with E-state index in [1.54, 1.807) is 0 Å². The van der Waals surface area contributed by atoms with Crippen LogP contribution in [0.5, 0.6) is 0 Å². The summed E-state index contributed by atoms with van der Waals surface area (Å²) < 4.78 is 85.8. The van der Waals surface area contributed by atoms with E-state index in [4.69, 9.17) is 78.4 Å². The van der Waals surface area contributed by atoms with Crippen molar-refractivity contribution >= 4 is 49.8 Å². The van der Waals surface area contributed by atoms with Crippen molar-refractivity contribution in [1.29, 1.82) is 0 Å². The number of aliphatic carboxylic acids is 1. The minimum atomic E-state index is -5.79. The van der Waals surface area contributed by atoms with E-state index in [0.717, 1.165) is 20.8 Å². The number of ether oxygens (including phenoxy) is 11. The van der Waals surface area contributed by atoms with Crippen LogP contribution in [-0.2, 0) is 94.5 Å². The summed E-state index contributed by atoms with van der Waals surface area (Å²) >= 11 is 0. The average molecular weight is 1170 g/mol. The molecule has 0 radical (unpaired) electrons. The van der Waals surface area contributed by atoms with E-state index in [-0.39, 0.29) is 6.29 Å². The van der Waals surface area contributed by atoms with Crippen LogP contribution in [-0.4, -0.2) is 277 Å². The molecule has 79 heavy (non-hydrogen) atoms. The van der Waals surface area contributed by atoms with Crippen LogP contribution in [0.4, 0.5) is 4.79 Å². The highest BCUT2D eigenvalue weighted by Gasteiger charge is 2.62. The van der Waals surface area contributed by atoms with Crippen LogP contribution in [0.25, 0.3) is 0 Å². The molecule has 5 aliphatic heterocycles. The van der Waals surface area contributed by atoms with Crippen LogP contribution in [0, 0.1) is 0 Å². The highest BCUT2D eigenvalue weighted by molar-refractivity contribution is 7.47.